The van der Waals surface area contributed by atoms with Crippen LogP contribution in [0.1, 0.15) is 35.1 Å². The molecule has 2 rings (SSSR count). The van der Waals surface area contributed by atoms with Crippen molar-refractivity contribution in [3.63, 3.8) is 0 Å². The second kappa shape index (κ2) is 6.24. The molecule has 0 radical (unpaired) electrons. The van der Waals surface area contributed by atoms with Crippen LogP contribution in [0.2, 0.25) is 10.0 Å². The monoisotopic (exact) mass is 313 g/mol. The van der Waals surface area contributed by atoms with E-state index in [0.29, 0.717) is 28.7 Å². The van der Waals surface area contributed by atoms with Gasteiger partial charge in [0.05, 0.1) is 12.2 Å². The molecule has 0 amide bonds. The van der Waals surface area contributed by atoms with Crippen molar-refractivity contribution in [2.45, 2.75) is 26.3 Å². The van der Waals surface area contributed by atoms with Crippen LogP contribution in [0, 0.1) is 0 Å². The van der Waals surface area contributed by atoms with Gasteiger partial charge in [-0.25, -0.2) is 9.48 Å². The largest absolute Gasteiger partial charge is 0.476 e. The van der Waals surface area contributed by atoms with Gasteiger partial charge in [0, 0.05) is 10.0 Å². The summed E-state index contributed by atoms with van der Waals surface area (Å²) >= 11 is 12.0. The van der Waals surface area contributed by atoms with Gasteiger partial charge in [-0.15, -0.1) is 5.10 Å². The number of benzene rings is 1. The van der Waals surface area contributed by atoms with Gasteiger partial charge in [0.15, 0.2) is 5.69 Å². The Labute approximate surface area is 126 Å². The van der Waals surface area contributed by atoms with Crippen LogP contribution in [-0.2, 0) is 13.0 Å². The van der Waals surface area contributed by atoms with Gasteiger partial charge in [-0.1, -0.05) is 41.8 Å². The van der Waals surface area contributed by atoms with E-state index in [9.17, 15) is 4.79 Å². The molecule has 1 heterocycles. The van der Waals surface area contributed by atoms with Crippen LogP contribution >= 0.6 is 23.2 Å². The van der Waals surface area contributed by atoms with E-state index in [2.05, 4.69) is 10.3 Å². The second-order valence-electron chi connectivity index (χ2n) is 4.33. The number of carboxylic acids is 1. The lowest BCUT2D eigenvalue weighted by atomic mass is 10.2. The van der Waals surface area contributed by atoms with Crippen LogP contribution in [0.3, 0.4) is 0 Å². The number of hydrogen-bond donors (Lipinski definition) is 1. The average Bonchev–Trinajstić information content (AvgIpc) is 2.78. The minimum Gasteiger partial charge on any atom is -0.476 e. The summed E-state index contributed by atoms with van der Waals surface area (Å²) in [5, 5.41) is 17.9. The maximum absolute atomic E-state index is 11.1. The molecule has 0 fully saturated rings. The van der Waals surface area contributed by atoms with Crippen molar-refractivity contribution in [3.8, 4) is 0 Å². The maximum Gasteiger partial charge on any atom is 0.358 e. The normalized spacial score (nSPS) is 10.8. The lowest BCUT2D eigenvalue weighted by molar-refractivity contribution is 0.0689. The molecule has 0 spiro atoms. The van der Waals surface area contributed by atoms with Crippen molar-refractivity contribution < 1.29 is 9.90 Å². The number of carbonyl (C=O) groups is 1. The Kier molecular flexibility index (Phi) is 4.62. The fourth-order valence-corrected chi connectivity index (χ4v) is 2.31. The predicted molar refractivity (Wildman–Crippen MR) is 76.5 cm³/mol. The molecule has 1 N–H and O–H groups in total. The minimum atomic E-state index is -1.07. The van der Waals surface area contributed by atoms with Crippen LogP contribution in [-0.4, -0.2) is 26.1 Å². The first-order valence-corrected chi connectivity index (χ1v) is 6.88. The standard InChI is InChI=1S/C13H13Cl2N3O2/c1-2-3-11-12(13(19)20)16-17-18(11)7-8-6-9(14)4-5-10(8)15/h4-6H,2-3,7H2,1H3,(H,19,20). The molecule has 20 heavy (non-hydrogen) atoms. The molecule has 0 aliphatic rings. The van der Waals surface area contributed by atoms with Gasteiger partial charge in [-0.2, -0.15) is 0 Å². The van der Waals surface area contributed by atoms with Crippen LogP contribution in [0.15, 0.2) is 18.2 Å². The molecule has 0 aliphatic heterocycles. The molecule has 0 unspecified atom stereocenters. The molecule has 1 aromatic heterocycles. The molecule has 2 aromatic rings. The van der Waals surface area contributed by atoms with Gasteiger partial charge in [-0.3, -0.25) is 0 Å². The second-order valence-corrected chi connectivity index (χ2v) is 5.18. The van der Waals surface area contributed by atoms with Gasteiger partial charge in [-0.05, 0) is 30.2 Å². The molecule has 5 nitrogen and oxygen atoms in total. The van der Waals surface area contributed by atoms with Gasteiger partial charge in [0.25, 0.3) is 0 Å². The molecule has 1 aromatic carbocycles. The first kappa shape index (κ1) is 14.8. The Bertz CT molecular complexity index is 641. The zero-order chi connectivity index (χ0) is 14.7. The third kappa shape index (κ3) is 3.11. The van der Waals surface area contributed by atoms with E-state index in [4.69, 9.17) is 28.3 Å². The Hall–Kier alpha value is -1.59. The Morgan fingerprint density at radius 1 is 1.40 bits per heavy atom. The summed E-state index contributed by atoms with van der Waals surface area (Å²) in [7, 11) is 0. The van der Waals surface area contributed by atoms with Crippen LogP contribution in [0.4, 0.5) is 0 Å². The van der Waals surface area contributed by atoms with Gasteiger partial charge >= 0.3 is 5.97 Å². The number of halogens is 2. The number of nitrogens with zero attached hydrogens (tertiary/aromatic N) is 3. The van der Waals surface area contributed by atoms with E-state index in [-0.39, 0.29) is 5.69 Å². The van der Waals surface area contributed by atoms with E-state index >= 15 is 0 Å². The van der Waals surface area contributed by atoms with Crippen LogP contribution in [0.5, 0.6) is 0 Å². The lowest BCUT2D eigenvalue weighted by Gasteiger charge is -2.08. The lowest BCUT2D eigenvalue weighted by Crippen LogP contribution is -2.09. The van der Waals surface area contributed by atoms with E-state index in [1.165, 1.54) is 0 Å². The summed E-state index contributed by atoms with van der Waals surface area (Å²) in [5.74, 6) is -1.07. The predicted octanol–water partition coefficient (Wildman–Crippen LogP) is 3.28. The SMILES string of the molecule is CCCc1c(C(=O)O)nnn1Cc1cc(Cl)ccc1Cl. The number of aromatic carboxylic acids is 1. The van der Waals surface area contributed by atoms with Crippen LogP contribution < -0.4 is 0 Å². The Balaban J connectivity index is 2.38. The van der Waals surface area contributed by atoms with Crippen molar-refractivity contribution >= 4 is 29.2 Å². The van der Waals surface area contributed by atoms with E-state index in [1.54, 1.807) is 22.9 Å². The number of rotatable bonds is 5. The highest BCUT2D eigenvalue weighted by molar-refractivity contribution is 6.33. The molecule has 0 saturated carbocycles. The Morgan fingerprint density at radius 3 is 2.80 bits per heavy atom. The van der Waals surface area contributed by atoms with Crippen molar-refractivity contribution in [1.82, 2.24) is 15.0 Å². The highest BCUT2D eigenvalue weighted by atomic mass is 35.5. The zero-order valence-electron chi connectivity index (χ0n) is 10.8. The summed E-state index contributed by atoms with van der Waals surface area (Å²) in [5.41, 5.74) is 1.36. The zero-order valence-corrected chi connectivity index (χ0v) is 12.3. The maximum atomic E-state index is 11.1. The van der Waals surface area contributed by atoms with E-state index in [0.717, 1.165) is 12.0 Å². The molecule has 7 heteroatoms. The summed E-state index contributed by atoms with van der Waals surface area (Å²) in [6, 6.07) is 5.14. The van der Waals surface area contributed by atoms with Crippen LogP contribution in [0.25, 0.3) is 0 Å². The third-order valence-corrected chi connectivity index (χ3v) is 3.46. The quantitative estimate of drug-likeness (QED) is 0.919. The van der Waals surface area contributed by atoms with Gasteiger partial charge in [0.1, 0.15) is 0 Å². The fraction of sp³-hybridized carbons (Fsp3) is 0.308. The van der Waals surface area contributed by atoms with Crippen molar-refractivity contribution in [2.24, 2.45) is 0 Å². The number of hydrogen-bond acceptors (Lipinski definition) is 3. The summed E-state index contributed by atoms with van der Waals surface area (Å²) in [6.45, 7) is 2.31. The molecule has 106 valence electrons. The Morgan fingerprint density at radius 2 is 2.15 bits per heavy atom. The van der Waals surface area contributed by atoms with Gasteiger partial charge in [0.2, 0.25) is 0 Å². The fourth-order valence-electron chi connectivity index (χ4n) is 1.94. The minimum absolute atomic E-state index is 0.00926. The molecule has 0 atom stereocenters. The number of aromatic nitrogens is 3. The van der Waals surface area contributed by atoms with Gasteiger partial charge < -0.3 is 5.11 Å². The van der Waals surface area contributed by atoms with E-state index < -0.39 is 5.97 Å². The van der Waals surface area contributed by atoms with Crippen molar-refractivity contribution in [1.29, 1.82) is 0 Å². The first-order valence-electron chi connectivity index (χ1n) is 6.12. The highest BCUT2D eigenvalue weighted by Gasteiger charge is 2.18. The molecule has 0 bridgehead atoms. The smallest absolute Gasteiger partial charge is 0.358 e. The molecule has 0 saturated heterocycles. The summed E-state index contributed by atoms with van der Waals surface area (Å²) in [4.78, 5) is 11.1. The average molecular weight is 314 g/mol. The number of carboxylic acid groups (broad SMARTS) is 1. The molecular weight excluding hydrogens is 301 g/mol. The molecular formula is C13H13Cl2N3O2. The summed E-state index contributed by atoms with van der Waals surface area (Å²) in [6.07, 6.45) is 1.39. The van der Waals surface area contributed by atoms with Crippen molar-refractivity contribution in [3.05, 3.63) is 45.2 Å². The third-order valence-electron chi connectivity index (χ3n) is 2.85. The molecule has 0 aliphatic carbocycles. The first-order chi connectivity index (χ1) is 9.52. The highest BCUT2D eigenvalue weighted by Crippen LogP contribution is 2.22. The van der Waals surface area contributed by atoms with Crippen molar-refractivity contribution in [2.75, 3.05) is 0 Å². The topological polar surface area (TPSA) is 68.0 Å². The summed E-state index contributed by atoms with van der Waals surface area (Å²) < 4.78 is 1.56. The van der Waals surface area contributed by atoms with E-state index in [1.807, 2.05) is 6.92 Å².